The zero-order valence-electron chi connectivity index (χ0n) is 10.5. The molecule has 0 bridgehead atoms. The number of hydrogen-bond acceptors (Lipinski definition) is 3. The minimum absolute atomic E-state index is 0.00481. The number of nitrogens with two attached hydrogens (primary N) is 1. The number of rotatable bonds is 3. The van der Waals surface area contributed by atoms with Gasteiger partial charge in [-0.05, 0) is 38.5 Å². The number of hydrogen-bond donors (Lipinski definition) is 1. The van der Waals surface area contributed by atoms with E-state index in [0.29, 0.717) is 0 Å². The van der Waals surface area contributed by atoms with Gasteiger partial charge in [0.25, 0.3) is 0 Å². The van der Waals surface area contributed by atoms with E-state index in [1.807, 2.05) is 45.0 Å². The molecule has 90 valence electrons. The standard InChI is InChI=1S/C14H18N2O/c1-9(2)17-13-7-6-11(10(3)15)12-5-4-8-16-14(12)13/h4-10H,15H2,1-3H3. The number of pyridine rings is 1. The van der Waals surface area contributed by atoms with Crippen LogP contribution in [-0.4, -0.2) is 11.1 Å². The van der Waals surface area contributed by atoms with Crippen LogP contribution < -0.4 is 10.5 Å². The molecule has 0 amide bonds. The van der Waals surface area contributed by atoms with Crippen molar-refractivity contribution < 1.29 is 4.74 Å². The van der Waals surface area contributed by atoms with Crippen LogP contribution in [0.3, 0.4) is 0 Å². The number of fused-ring (bicyclic) bond motifs is 1. The Labute approximate surface area is 102 Å². The lowest BCUT2D eigenvalue weighted by atomic mass is 10.0. The Kier molecular flexibility index (Phi) is 3.29. The molecule has 0 aliphatic carbocycles. The summed E-state index contributed by atoms with van der Waals surface area (Å²) in [6.45, 7) is 5.99. The molecule has 3 heteroatoms. The molecule has 2 aromatic rings. The second-order valence-corrected chi connectivity index (χ2v) is 4.51. The number of aromatic nitrogens is 1. The Morgan fingerprint density at radius 3 is 2.59 bits per heavy atom. The van der Waals surface area contributed by atoms with E-state index in [-0.39, 0.29) is 12.1 Å². The van der Waals surface area contributed by atoms with E-state index in [1.54, 1.807) is 6.20 Å². The topological polar surface area (TPSA) is 48.1 Å². The Bertz CT molecular complexity index is 521. The minimum atomic E-state index is -0.00481. The molecule has 1 heterocycles. The van der Waals surface area contributed by atoms with Gasteiger partial charge in [-0.3, -0.25) is 4.98 Å². The largest absolute Gasteiger partial charge is 0.489 e. The van der Waals surface area contributed by atoms with Crippen LogP contribution in [0.2, 0.25) is 0 Å². The lowest BCUT2D eigenvalue weighted by molar-refractivity contribution is 0.245. The van der Waals surface area contributed by atoms with Crippen molar-refractivity contribution in [1.82, 2.24) is 4.98 Å². The molecule has 1 aromatic carbocycles. The van der Waals surface area contributed by atoms with Crippen molar-refractivity contribution >= 4 is 10.9 Å². The smallest absolute Gasteiger partial charge is 0.145 e. The van der Waals surface area contributed by atoms with Crippen molar-refractivity contribution in [3.63, 3.8) is 0 Å². The Hall–Kier alpha value is -1.61. The summed E-state index contributed by atoms with van der Waals surface area (Å²) >= 11 is 0. The molecule has 1 aromatic heterocycles. The summed E-state index contributed by atoms with van der Waals surface area (Å²) < 4.78 is 5.76. The van der Waals surface area contributed by atoms with Crippen LogP contribution in [-0.2, 0) is 0 Å². The lowest BCUT2D eigenvalue weighted by Crippen LogP contribution is -2.09. The molecule has 1 atom stereocenters. The maximum atomic E-state index is 5.96. The van der Waals surface area contributed by atoms with Gasteiger partial charge in [0.1, 0.15) is 11.3 Å². The monoisotopic (exact) mass is 230 g/mol. The highest BCUT2D eigenvalue weighted by molar-refractivity contribution is 5.87. The highest BCUT2D eigenvalue weighted by atomic mass is 16.5. The third kappa shape index (κ3) is 2.39. The molecule has 0 aliphatic rings. The van der Waals surface area contributed by atoms with Crippen molar-refractivity contribution in [3.8, 4) is 5.75 Å². The van der Waals surface area contributed by atoms with Gasteiger partial charge in [0.15, 0.2) is 0 Å². The molecule has 0 saturated carbocycles. The second-order valence-electron chi connectivity index (χ2n) is 4.51. The van der Waals surface area contributed by atoms with E-state index in [0.717, 1.165) is 22.2 Å². The van der Waals surface area contributed by atoms with Gasteiger partial charge < -0.3 is 10.5 Å². The van der Waals surface area contributed by atoms with Crippen LogP contribution in [0.15, 0.2) is 30.5 Å². The molecule has 2 rings (SSSR count). The predicted molar refractivity (Wildman–Crippen MR) is 70.1 cm³/mol. The second kappa shape index (κ2) is 4.72. The quantitative estimate of drug-likeness (QED) is 0.881. The zero-order valence-corrected chi connectivity index (χ0v) is 10.5. The number of ether oxygens (including phenoxy) is 1. The molecule has 0 fully saturated rings. The number of benzene rings is 1. The van der Waals surface area contributed by atoms with E-state index in [1.165, 1.54) is 0 Å². The average molecular weight is 230 g/mol. The zero-order chi connectivity index (χ0) is 12.4. The van der Waals surface area contributed by atoms with E-state index in [2.05, 4.69) is 4.98 Å². The average Bonchev–Trinajstić information content (AvgIpc) is 2.28. The fraction of sp³-hybridized carbons (Fsp3) is 0.357. The van der Waals surface area contributed by atoms with Crippen LogP contribution in [0.1, 0.15) is 32.4 Å². The molecule has 17 heavy (non-hydrogen) atoms. The van der Waals surface area contributed by atoms with E-state index in [9.17, 15) is 0 Å². The molecule has 0 radical (unpaired) electrons. The third-order valence-corrected chi connectivity index (χ3v) is 2.62. The van der Waals surface area contributed by atoms with Crippen LogP contribution in [0.5, 0.6) is 5.75 Å². The first-order valence-electron chi connectivity index (χ1n) is 5.89. The van der Waals surface area contributed by atoms with Crippen molar-refractivity contribution in [2.75, 3.05) is 0 Å². The first-order valence-corrected chi connectivity index (χ1v) is 5.89. The highest BCUT2D eigenvalue weighted by Crippen LogP contribution is 2.29. The van der Waals surface area contributed by atoms with Crippen LogP contribution in [0.4, 0.5) is 0 Å². The molecule has 3 nitrogen and oxygen atoms in total. The normalized spacial score (nSPS) is 13.0. The maximum Gasteiger partial charge on any atom is 0.145 e. The summed E-state index contributed by atoms with van der Waals surface area (Å²) in [4.78, 5) is 4.40. The molecule has 0 spiro atoms. The third-order valence-electron chi connectivity index (χ3n) is 2.62. The molecule has 0 saturated heterocycles. The first kappa shape index (κ1) is 11.9. The van der Waals surface area contributed by atoms with Crippen molar-refractivity contribution in [3.05, 3.63) is 36.0 Å². The van der Waals surface area contributed by atoms with Crippen molar-refractivity contribution in [2.45, 2.75) is 32.9 Å². The fourth-order valence-electron chi connectivity index (χ4n) is 1.91. The molecular weight excluding hydrogens is 212 g/mol. The first-order chi connectivity index (χ1) is 8.09. The van der Waals surface area contributed by atoms with Crippen molar-refractivity contribution in [2.24, 2.45) is 5.73 Å². The maximum absolute atomic E-state index is 5.96. The van der Waals surface area contributed by atoms with Gasteiger partial charge in [-0.15, -0.1) is 0 Å². The van der Waals surface area contributed by atoms with Gasteiger partial charge in [-0.2, -0.15) is 0 Å². The highest BCUT2D eigenvalue weighted by Gasteiger charge is 2.11. The Morgan fingerprint density at radius 1 is 1.18 bits per heavy atom. The molecule has 0 aliphatic heterocycles. The van der Waals surface area contributed by atoms with Gasteiger partial charge in [0, 0.05) is 17.6 Å². The SMILES string of the molecule is CC(C)Oc1ccc(C(C)N)c2cccnc12. The van der Waals surface area contributed by atoms with E-state index >= 15 is 0 Å². The van der Waals surface area contributed by atoms with Crippen LogP contribution >= 0.6 is 0 Å². The van der Waals surface area contributed by atoms with E-state index in [4.69, 9.17) is 10.5 Å². The summed E-state index contributed by atoms with van der Waals surface area (Å²) in [6.07, 6.45) is 1.92. The Morgan fingerprint density at radius 2 is 1.94 bits per heavy atom. The minimum Gasteiger partial charge on any atom is -0.489 e. The summed E-state index contributed by atoms with van der Waals surface area (Å²) in [6, 6.07) is 7.93. The molecule has 2 N–H and O–H groups in total. The van der Waals surface area contributed by atoms with Gasteiger partial charge >= 0.3 is 0 Å². The summed E-state index contributed by atoms with van der Waals surface area (Å²) in [5.74, 6) is 0.819. The van der Waals surface area contributed by atoms with Gasteiger partial charge in [-0.25, -0.2) is 0 Å². The fourth-order valence-corrected chi connectivity index (χ4v) is 1.91. The number of nitrogens with zero attached hydrogens (tertiary/aromatic N) is 1. The molecular formula is C14H18N2O. The van der Waals surface area contributed by atoms with Gasteiger partial charge in [-0.1, -0.05) is 12.1 Å². The van der Waals surface area contributed by atoms with Gasteiger partial charge in [0.2, 0.25) is 0 Å². The summed E-state index contributed by atoms with van der Waals surface area (Å²) in [5.41, 5.74) is 7.95. The summed E-state index contributed by atoms with van der Waals surface area (Å²) in [5, 5.41) is 1.07. The lowest BCUT2D eigenvalue weighted by Gasteiger charge is -2.15. The van der Waals surface area contributed by atoms with Crippen LogP contribution in [0, 0.1) is 0 Å². The van der Waals surface area contributed by atoms with Crippen molar-refractivity contribution in [1.29, 1.82) is 0 Å². The van der Waals surface area contributed by atoms with Gasteiger partial charge in [0.05, 0.1) is 6.10 Å². The predicted octanol–water partition coefficient (Wildman–Crippen LogP) is 3.04. The Balaban J connectivity index is 2.62. The summed E-state index contributed by atoms with van der Waals surface area (Å²) in [7, 11) is 0. The molecule has 1 unspecified atom stereocenters. The van der Waals surface area contributed by atoms with E-state index < -0.39 is 0 Å². The van der Waals surface area contributed by atoms with Crippen LogP contribution in [0.25, 0.3) is 10.9 Å².